The van der Waals surface area contributed by atoms with E-state index in [9.17, 15) is 4.79 Å². The molecule has 6 nitrogen and oxygen atoms in total. The third-order valence-corrected chi connectivity index (χ3v) is 5.98. The molecule has 0 atom stereocenters. The molecule has 174 valence electrons. The molecule has 35 heavy (non-hydrogen) atoms. The van der Waals surface area contributed by atoms with Crippen molar-refractivity contribution >= 4 is 40.0 Å². The van der Waals surface area contributed by atoms with Gasteiger partial charge in [-0.2, -0.15) is 9.78 Å². The lowest BCUT2D eigenvalue weighted by molar-refractivity contribution is 0.0923. The van der Waals surface area contributed by atoms with Gasteiger partial charge in [0.25, 0.3) is 0 Å². The van der Waals surface area contributed by atoms with E-state index in [1.807, 2.05) is 36.4 Å². The van der Waals surface area contributed by atoms with Crippen molar-refractivity contribution in [1.29, 1.82) is 0 Å². The summed E-state index contributed by atoms with van der Waals surface area (Å²) >= 11 is 12.1. The highest BCUT2D eigenvalue weighted by Gasteiger charge is 2.17. The van der Waals surface area contributed by atoms with Crippen LogP contribution >= 0.6 is 23.2 Å². The number of pyridine rings is 1. The fourth-order valence-corrected chi connectivity index (χ4v) is 4.09. The fraction of sp³-hybridized carbons (Fsp3) is 0.0741. The average Bonchev–Trinajstić information content (AvgIpc) is 3.30. The number of hydrogen-bond donors (Lipinski definition) is 0. The first kappa shape index (κ1) is 22.9. The van der Waals surface area contributed by atoms with Gasteiger partial charge in [0.2, 0.25) is 5.91 Å². The number of aromatic nitrogens is 3. The van der Waals surface area contributed by atoms with E-state index < -0.39 is 0 Å². The molecule has 0 amide bonds. The van der Waals surface area contributed by atoms with Crippen molar-refractivity contribution in [3.05, 3.63) is 89.0 Å². The van der Waals surface area contributed by atoms with Crippen LogP contribution in [0.4, 0.5) is 0 Å². The van der Waals surface area contributed by atoms with E-state index in [1.54, 1.807) is 49.7 Å². The molecular formula is C27H19Cl2N3O3. The molecule has 5 aromatic rings. The summed E-state index contributed by atoms with van der Waals surface area (Å²) in [5, 5.41) is 6.56. The van der Waals surface area contributed by atoms with Crippen LogP contribution in [0, 0.1) is 0 Å². The van der Waals surface area contributed by atoms with Crippen LogP contribution in [0.5, 0.6) is 17.2 Å². The molecule has 2 heterocycles. The number of carbonyl (C=O) groups excluding carboxylic acids is 1. The third kappa shape index (κ3) is 4.58. The smallest absolute Gasteiger partial charge is 0.244 e. The van der Waals surface area contributed by atoms with E-state index in [4.69, 9.17) is 32.7 Å². The number of ether oxygens (including phenoxy) is 2. The Balaban J connectivity index is 1.54. The van der Waals surface area contributed by atoms with Gasteiger partial charge in [-0.25, -0.2) is 0 Å². The van der Waals surface area contributed by atoms with Crippen molar-refractivity contribution in [2.45, 2.75) is 6.92 Å². The summed E-state index contributed by atoms with van der Waals surface area (Å²) in [4.78, 5) is 16.7. The zero-order valence-electron chi connectivity index (χ0n) is 18.8. The van der Waals surface area contributed by atoms with Crippen LogP contribution < -0.4 is 9.47 Å². The highest BCUT2D eigenvalue weighted by molar-refractivity contribution is 6.31. The largest absolute Gasteiger partial charge is 0.493 e. The Morgan fingerprint density at radius 1 is 0.829 bits per heavy atom. The highest BCUT2D eigenvalue weighted by atomic mass is 35.5. The average molecular weight is 504 g/mol. The molecule has 0 unspecified atom stereocenters. The van der Waals surface area contributed by atoms with Gasteiger partial charge in [0.15, 0.2) is 11.5 Å². The lowest BCUT2D eigenvalue weighted by Gasteiger charge is -2.13. The monoisotopic (exact) mass is 503 g/mol. The van der Waals surface area contributed by atoms with Gasteiger partial charge in [0.1, 0.15) is 5.75 Å². The number of nitrogens with zero attached hydrogens (tertiary/aromatic N) is 3. The Hall–Kier alpha value is -3.87. The Kier molecular flexibility index (Phi) is 6.16. The number of carbonyl (C=O) groups is 1. The first-order valence-corrected chi connectivity index (χ1v) is 11.5. The predicted molar refractivity (Wildman–Crippen MR) is 138 cm³/mol. The summed E-state index contributed by atoms with van der Waals surface area (Å²) in [6.45, 7) is 1.47. The van der Waals surface area contributed by atoms with Gasteiger partial charge in [-0.1, -0.05) is 35.3 Å². The SMILES string of the molecule is COc1cc(-c2cc(-c3ccc(Cl)cc3)nn2C(C)=O)ccc1Oc1ccnc2cc(Cl)ccc12. The summed E-state index contributed by atoms with van der Waals surface area (Å²) in [7, 11) is 1.57. The quantitative estimate of drug-likeness (QED) is 0.248. The maximum atomic E-state index is 12.4. The van der Waals surface area contributed by atoms with Gasteiger partial charge in [0, 0.05) is 39.7 Å². The van der Waals surface area contributed by atoms with E-state index >= 15 is 0 Å². The normalized spacial score (nSPS) is 11.0. The minimum Gasteiger partial charge on any atom is -0.493 e. The van der Waals surface area contributed by atoms with Crippen LogP contribution in [-0.2, 0) is 0 Å². The van der Waals surface area contributed by atoms with Gasteiger partial charge in [-0.3, -0.25) is 9.78 Å². The first-order valence-electron chi connectivity index (χ1n) is 10.7. The van der Waals surface area contributed by atoms with Gasteiger partial charge < -0.3 is 9.47 Å². The van der Waals surface area contributed by atoms with Gasteiger partial charge in [-0.15, -0.1) is 0 Å². The Morgan fingerprint density at radius 3 is 2.31 bits per heavy atom. The van der Waals surface area contributed by atoms with E-state index in [0.717, 1.165) is 22.0 Å². The van der Waals surface area contributed by atoms with Crippen molar-refractivity contribution in [2.24, 2.45) is 0 Å². The Morgan fingerprint density at radius 2 is 1.57 bits per heavy atom. The Bertz CT molecular complexity index is 1560. The Labute approximate surface area is 211 Å². The molecule has 8 heteroatoms. The van der Waals surface area contributed by atoms with E-state index in [1.165, 1.54) is 11.6 Å². The fourth-order valence-electron chi connectivity index (χ4n) is 3.80. The lowest BCUT2D eigenvalue weighted by atomic mass is 10.1. The van der Waals surface area contributed by atoms with Gasteiger partial charge in [0.05, 0.1) is 24.0 Å². The summed E-state index contributed by atoms with van der Waals surface area (Å²) in [5.74, 6) is 1.44. The molecule has 0 spiro atoms. The molecule has 0 fully saturated rings. The van der Waals surface area contributed by atoms with Crippen molar-refractivity contribution in [3.63, 3.8) is 0 Å². The minimum absolute atomic E-state index is 0.207. The zero-order chi connectivity index (χ0) is 24.5. The van der Waals surface area contributed by atoms with Crippen LogP contribution in [0.15, 0.2) is 79.0 Å². The molecule has 0 bridgehead atoms. The second-order valence-corrected chi connectivity index (χ2v) is 8.66. The van der Waals surface area contributed by atoms with Crippen molar-refractivity contribution < 1.29 is 14.3 Å². The molecule has 0 radical (unpaired) electrons. The molecule has 5 rings (SSSR count). The molecule has 0 aliphatic rings. The molecule has 0 aliphatic carbocycles. The van der Waals surface area contributed by atoms with Crippen LogP contribution in [0.25, 0.3) is 33.4 Å². The third-order valence-electron chi connectivity index (χ3n) is 5.49. The van der Waals surface area contributed by atoms with Crippen LogP contribution in [0.2, 0.25) is 10.0 Å². The summed E-state index contributed by atoms with van der Waals surface area (Å²) in [5.41, 5.74) is 3.63. The van der Waals surface area contributed by atoms with Crippen molar-refractivity contribution in [1.82, 2.24) is 14.8 Å². The summed E-state index contributed by atoms with van der Waals surface area (Å²) in [6.07, 6.45) is 1.67. The second-order valence-electron chi connectivity index (χ2n) is 7.79. The molecule has 2 aromatic heterocycles. The van der Waals surface area contributed by atoms with Crippen LogP contribution in [0.1, 0.15) is 11.7 Å². The van der Waals surface area contributed by atoms with Crippen LogP contribution in [0.3, 0.4) is 0 Å². The number of benzene rings is 3. The standard InChI is InChI=1S/C27H19Cl2N3O3/c1-16(33)32-24(15-22(31-32)17-3-6-19(28)7-4-17)18-5-10-26(27(13-18)34-2)35-25-11-12-30-23-14-20(29)8-9-21(23)25/h3-15H,1-2H3. The van der Waals surface area contributed by atoms with Crippen LogP contribution in [-0.4, -0.2) is 27.8 Å². The number of methoxy groups -OCH3 is 1. The predicted octanol–water partition coefficient (Wildman–Crippen LogP) is 7.53. The zero-order valence-corrected chi connectivity index (χ0v) is 20.3. The molecule has 3 aromatic carbocycles. The number of halogens is 2. The van der Waals surface area contributed by atoms with E-state index in [-0.39, 0.29) is 5.91 Å². The van der Waals surface area contributed by atoms with E-state index in [2.05, 4.69) is 10.1 Å². The number of rotatable bonds is 5. The molecule has 0 saturated carbocycles. The molecular weight excluding hydrogens is 485 g/mol. The van der Waals surface area contributed by atoms with Gasteiger partial charge >= 0.3 is 0 Å². The molecule has 0 N–H and O–H groups in total. The maximum absolute atomic E-state index is 12.4. The minimum atomic E-state index is -0.207. The maximum Gasteiger partial charge on any atom is 0.244 e. The highest BCUT2D eigenvalue weighted by Crippen LogP contribution is 2.38. The van der Waals surface area contributed by atoms with E-state index in [0.29, 0.717) is 38.7 Å². The second kappa shape index (κ2) is 9.41. The molecule has 0 aliphatic heterocycles. The summed E-state index contributed by atoms with van der Waals surface area (Å²) < 4.78 is 13.2. The lowest BCUT2D eigenvalue weighted by Crippen LogP contribution is -2.09. The topological polar surface area (TPSA) is 66.2 Å². The molecule has 0 saturated heterocycles. The number of hydrogen-bond acceptors (Lipinski definition) is 5. The van der Waals surface area contributed by atoms with Gasteiger partial charge in [-0.05, 0) is 60.7 Å². The van der Waals surface area contributed by atoms with Crippen molar-refractivity contribution in [2.75, 3.05) is 7.11 Å². The van der Waals surface area contributed by atoms with Crippen molar-refractivity contribution in [3.8, 4) is 39.8 Å². The summed E-state index contributed by atoms with van der Waals surface area (Å²) in [6, 6.07) is 21.9. The first-order chi connectivity index (χ1) is 16.9. The number of fused-ring (bicyclic) bond motifs is 1.